The number of ether oxygens (including phenoxy) is 2. The molecule has 0 aliphatic rings. The van der Waals surface area contributed by atoms with Crippen molar-refractivity contribution in [3.8, 4) is 5.75 Å². The van der Waals surface area contributed by atoms with Gasteiger partial charge < -0.3 is 24.8 Å². The van der Waals surface area contributed by atoms with Gasteiger partial charge in [0.1, 0.15) is 5.75 Å². The van der Waals surface area contributed by atoms with E-state index in [0.29, 0.717) is 25.3 Å². The second kappa shape index (κ2) is 8.11. The van der Waals surface area contributed by atoms with Gasteiger partial charge >= 0.3 is 12.0 Å². The van der Waals surface area contributed by atoms with Crippen molar-refractivity contribution in [2.75, 3.05) is 39.7 Å². The third-order valence-electron chi connectivity index (χ3n) is 2.89. The van der Waals surface area contributed by atoms with E-state index in [9.17, 15) is 9.59 Å². The van der Waals surface area contributed by atoms with Gasteiger partial charge in [0, 0.05) is 33.4 Å². The Labute approximate surface area is 123 Å². The lowest BCUT2D eigenvalue weighted by Gasteiger charge is -2.18. The maximum absolute atomic E-state index is 12.0. The number of nitrogens with one attached hydrogen (secondary N) is 1. The fourth-order valence-corrected chi connectivity index (χ4v) is 1.70. The number of carbonyl (C=O) groups is 2. The molecule has 0 heterocycles. The third kappa shape index (κ3) is 4.96. The Balaban J connectivity index is 2.80. The number of rotatable bonds is 7. The molecule has 0 radical (unpaired) electrons. The van der Waals surface area contributed by atoms with Gasteiger partial charge in [-0.15, -0.1) is 0 Å². The van der Waals surface area contributed by atoms with E-state index in [1.54, 1.807) is 14.2 Å². The van der Waals surface area contributed by atoms with Crippen LogP contribution < -0.4 is 10.1 Å². The van der Waals surface area contributed by atoms with Crippen molar-refractivity contribution in [3.63, 3.8) is 0 Å². The van der Waals surface area contributed by atoms with E-state index in [1.165, 1.54) is 30.2 Å². The molecule has 1 aromatic rings. The van der Waals surface area contributed by atoms with E-state index in [2.05, 4.69) is 5.32 Å². The van der Waals surface area contributed by atoms with Crippen LogP contribution in [0.2, 0.25) is 0 Å². The number of nitrogens with zero attached hydrogens (tertiary/aromatic N) is 1. The first kappa shape index (κ1) is 16.8. The standard InChI is InChI=1S/C14H20N2O5/c1-16(7-4-8-20-2)14(19)15-12-9-10(21-3)5-6-11(12)13(17)18/h5-6,9H,4,7-8H2,1-3H3,(H,15,19)(H,17,18). The Morgan fingerprint density at radius 3 is 2.62 bits per heavy atom. The van der Waals surface area contributed by atoms with Gasteiger partial charge in [0.25, 0.3) is 0 Å². The summed E-state index contributed by atoms with van der Waals surface area (Å²) < 4.78 is 9.96. The molecule has 0 aromatic heterocycles. The largest absolute Gasteiger partial charge is 0.497 e. The van der Waals surface area contributed by atoms with Gasteiger partial charge in [-0.25, -0.2) is 9.59 Å². The van der Waals surface area contributed by atoms with Gasteiger partial charge in [0.2, 0.25) is 0 Å². The minimum atomic E-state index is -1.12. The zero-order valence-electron chi connectivity index (χ0n) is 12.4. The first-order valence-corrected chi connectivity index (χ1v) is 6.42. The van der Waals surface area contributed by atoms with E-state index in [1.807, 2.05) is 0 Å². The molecule has 0 spiro atoms. The molecule has 116 valence electrons. The number of benzene rings is 1. The van der Waals surface area contributed by atoms with E-state index in [0.717, 1.165) is 0 Å². The monoisotopic (exact) mass is 296 g/mol. The molecule has 2 N–H and O–H groups in total. The van der Waals surface area contributed by atoms with Crippen molar-refractivity contribution in [1.29, 1.82) is 0 Å². The quantitative estimate of drug-likeness (QED) is 0.750. The number of hydrogen-bond donors (Lipinski definition) is 2. The number of amides is 2. The molecule has 0 aliphatic carbocycles. The van der Waals surface area contributed by atoms with Crippen LogP contribution in [-0.2, 0) is 4.74 Å². The van der Waals surface area contributed by atoms with Gasteiger partial charge in [-0.3, -0.25) is 0 Å². The van der Waals surface area contributed by atoms with E-state index < -0.39 is 5.97 Å². The molecule has 2 amide bonds. The molecule has 0 unspecified atom stereocenters. The molecule has 0 saturated carbocycles. The second-order valence-corrected chi connectivity index (χ2v) is 4.41. The molecule has 7 nitrogen and oxygen atoms in total. The van der Waals surface area contributed by atoms with E-state index in [-0.39, 0.29) is 17.3 Å². The fraction of sp³-hybridized carbons (Fsp3) is 0.429. The molecule has 0 saturated heterocycles. The molecule has 0 aliphatic heterocycles. The van der Waals surface area contributed by atoms with Crippen LogP contribution in [0.1, 0.15) is 16.8 Å². The number of aromatic carboxylic acids is 1. The number of methoxy groups -OCH3 is 2. The summed E-state index contributed by atoms with van der Waals surface area (Å²) in [6.07, 6.45) is 0.699. The Morgan fingerprint density at radius 2 is 2.05 bits per heavy atom. The Kier molecular flexibility index (Phi) is 6.48. The van der Waals surface area contributed by atoms with E-state index in [4.69, 9.17) is 14.6 Å². The minimum Gasteiger partial charge on any atom is -0.497 e. The summed E-state index contributed by atoms with van der Waals surface area (Å²) in [7, 11) is 4.69. The van der Waals surface area contributed by atoms with Crippen molar-refractivity contribution in [1.82, 2.24) is 4.90 Å². The molecule has 0 atom stereocenters. The lowest BCUT2D eigenvalue weighted by Crippen LogP contribution is -2.33. The predicted molar refractivity (Wildman–Crippen MR) is 78.1 cm³/mol. The molecular weight excluding hydrogens is 276 g/mol. The number of anilines is 1. The van der Waals surface area contributed by atoms with Gasteiger partial charge in [0.15, 0.2) is 0 Å². The van der Waals surface area contributed by atoms with Crippen LogP contribution in [-0.4, -0.2) is 56.4 Å². The topological polar surface area (TPSA) is 88.1 Å². The van der Waals surface area contributed by atoms with Crippen LogP contribution in [0.4, 0.5) is 10.5 Å². The maximum Gasteiger partial charge on any atom is 0.337 e. The molecule has 0 bridgehead atoms. The molecule has 7 heteroatoms. The van der Waals surface area contributed by atoms with Crippen molar-refractivity contribution in [2.45, 2.75) is 6.42 Å². The zero-order valence-corrected chi connectivity index (χ0v) is 12.4. The third-order valence-corrected chi connectivity index (χ3v) is 2.89. The van der Waals surface area contributed by atoms with Crippen LogP contribution in [0.25, 0.3) is 0 Å². The van der Waals surface area contributed by atoms with Crippen molar-refractivity contribution < 1.29 is 24.2 Å². The van der Waals surface area contributed by atoms with Crippen molar-refractivity contribution in [3.05, 3.63) is 23.8 Å². The Morgan fingerprint density at radius 1 is 1.33 bits per heavy atom. The normalized spacial score (nSPS) is 10.0. The van der Waals surface area contributed by atoms with Crippen LogP contribution in [0.15, 0.2) is 18.2 Å². The van der Waals surface area contributed by atoms with Gasteiger partial charge in [-0.05, 0) is 18.6 Å². The number of urea groups is 1. The second-order valence-electron chi connectivity index (χ2n) is 4.41. The smallest absolute Gasteiger partial charge is 0.337 e. The van der Waals surface area contributed by atoms with Crippen LogP contribution >= 0.6 is 0 Å². The first-order chi connectivity index (χ1) is 9.99. The van der Waals surface area contributed by atoms with Gasteiger partial charge in [-0.1, -0.05) is 0 Å². The minimum absolute atomic E-state index is 0.00874. The first-order valence-electron chi connectivity index (χ1n) is 6.42. The van der Waals surface area contributed by atoms with Crippen LogP contribution in [0, 0.1) is 0 Å². The molecule has 1 aromatic carbocycles. The lowest BCUT2D eigenvalue weighted by molar-refractivity contribution is 0.0698. The van der Waals surface area contributed by atoms with E-state index >= 15 is 0 Å². The number of carbonyl (C=O) groups excluding carboxylic acids is 1. The maximum atomic E-state index is 12.0. The van der Waals surface area contributed by atoms with Crippen LogP contribution in [0.3, 0.4) is 0 Å². The van der Waals surface area contributed by atoms with Crippen molar-refractivity contribution >= 4 is 17.7 Å². The highest BCUT2D eigenvalue weighted by Gasteiger charge is 2.15. The summed E-state index contributed by atoms with van der Waals surface area (Å²) in [4.78, 5) is 24.6. The zero-order chi connectivity index (χ0) is 15.8. The number of carboxylic acid groups (broad SMARTS) is 1. The molecular formula is C14H20N2O5. The average molecular weight is 296 g/mol. The number of hydrogen-bond acceptors (Lipinski definition) is 4. The molecule has 0 fully saturated rings. The highest BCUT2D eigenvalue weighted by Crippen LogP contribution is 2.23. The Bertz CT molecular complexity index is 504. The summed E-state index contributed by atoms with van der Waals surface area (Å²) >= 11 is 0. The van der Waals surface area contributed by atoms with Crippen LogP contribution in [0.5, 0.6) is 5.75 Å². The van der Waals surface area contributed by atoms with Crippen molar-refractivity contribution in [2.24, 2.45) is 0 Å². The van der Waals surface area contributed by atoms with Gasteiger partial charge in [-0.2, -0.15) is 0 Å². The fourth-order valence-electron chi connectivity index (χ4n) is 1.70. The lowest BCUT2D eigenvalue weighted by atomic mass is 10.1. The summed E-state index contributed by atoms with van der Waals surface area (Å²) in [6, 6.07) is 4.01. The summed E-state index contributed by atoms with van der Waals surface area (Å²) in [5.41, 5.74) is 0.208. The van der Waals surface area contributed by atoms with Gasteiger partial charge in [0.05, 0.1) is 18.4 Å². The number of carboxylic acids is 1. The predicted octanol–water partition coefficient (Wildman–Crippen LogP) is 1.89. The highest BCUT2D eigenvalue weighted by atomic mass is 16.5. The SMILES string of the molecule is COCCCN(C)C(=O)Nc1cc(OC)ccc1C(=O)O. The Hall–Kier alpha value is -2.28. The highest BCUT2D eigenvalue weighted by molar-refractivity contribution is 6.00. The summed E-state index contributed by atoms with van der Waals surface area (Å²) in [5, 5.41) is 11.7. The average Bonchev–Trinajstić information content (AvgIpc) is 2.46. The molecule has 21 heavy (non-hydrogen) atoms. The molecule has 1 rings (SSSR count). The summed E-state index contributed by atoms with van der Waals surface area (Å²) in [5.74, 6) is -0.646. The summed E-state index contributed by atoms with van der Waals surface area (Å²) in [6.45, 7) is 1.06.